The highest BCUT2D eigenvalue weighted by atomic mass is 16.4. The van der Waals surface area contributed by atoms with E-state index in [9.17, 15) is 19.5 Å². The second kappa shape index (κ2) is 7.29. The van der Waals surface area contributed by atoms with Crippen LogP contribution >= 0.6 is 0 Å². The zero-order valence-electron chi connectivity index (χ0n) is 13.6. The van der Waals surface area contributed by atoms with Crippen LogP contribution in [-0.4, -0.2) is 57.6 Å². The van der Waals surface area contributed by atoms with Crippen molar-refractivity contribution >= 4 is 17.8 Å². The van der Waals surface area contributed by atoms with Gasteiger partial charge in [0.1, 0.15) is 5.54 Å². The van der Waals surface area contributed by atoms with Crippen LogP contribution in [0.4, 0.5) is 0 Å². The average Bonchev–Trinajstić information content (AvgIpc) is 2.98. The molecule has 1 heterocycles. The number of carboxylic acid groups (broad SMARTS) is 2. The van der Waals surface area contributed by atoms with Gasteiger partial charge in [0.25, 0.3) is 0 Å². The standard InChI is InChI=1S/C16H26N2O5/c1-11(17-10-13(19)20)14(21)18-9-5-8-16(18,15(22)23)12-6-3-2-4-7-12/h11-12,17H,2-10H2,1H3,(H,19,20)(H,22,23)/t11-,16+/m0/s1. The molecule has 3 N–H and O–H groups in total. The van der Waals surface area contributed by atoms with E-state index < -0.39 is 23.5 Å². The Morgan fingerprint density at radius 3 is 2.39 bits per heavy atom. The number of carbonyl (C=O) groups is 3. The van der Waals surface area contributed by atoms with E-state index in [2.05, 4.69) is 5.32 Å². The third-order valence-corrected chi connectivity index (χ3v) is 5.27. The number of carbonyl (C=O) groups excluding carboxylic acids is 1. The molecular weight excluding hydrogens is 300 g/mol. The molecule has 1 saturated carbocycles. The third kappa shape index (κ3) is 3.49. The van der Waals surface area contributed by atoms with Crippen LogP contribution in [0.2, 0.25) is 0 Å². The lowest BCUT2D eigenvalue weighted by Crippen LogP contribution is -2.61. The molecule has 1 saturated heterocycles. The molecule has 0 bridgehead atoms. The molecule has 7 heteroatoms. The second-order valence-corrected chi connectivity index (χ2v) is 6.65. The first-order valence-corrected chi connectivity index (χ1v) is 8.39. The first kappa shape index (κ1) is 17.7. The van der Waals surface area contributed by atoms with Gasteiger partial charge in [-0.15, -0.1) is 0 Å². The summed E-state index contributed by atoms with van der Waals surface area (Å²) in [4.78, 5) is 37.0. The molecule has 0 radical (unpaired) electrons. The molecule has 2 aliphatic rings. The van der Waals surface area contributed by atoms with Crippen molar-refractivity contribution in [3.05, 3.63) is 0 Å². The van der Waals surface area contributed by atoms with Gasteiger partial charge in [-0.05, 0) is 38.5 Å². The maximum Gasteiger partial charge on any atom is 0.329 e. The van der Waals surface area contributed by atoms with Crippen LogP contribution in [0, 0.1) is 5.92 Å². The van der Waals surface area contributed by atoms with Crippen molar-refractivity contribution in [1.29, 1.82) is 0 Å². The Kier molecular flexibility index (Phi) is 5.62. The Balaban J connectivity index is 2.19. The van der Waals surface area contributed by atoms with Gasteiger partial charge >= 0.3 is 11.9 Å². The number of hydrogen-bond donors (Lipinski definition) is 3. The first-order valence-electron chi connectivity index (χ1n) is 8.39. The summed E-state index contributed by atoms with van der Waals surface area (Å²) in [5.41, 5.74) is -1.11. The zero-order valence-corrected chi connectivity index (χ0v) is 13.6. The molecule has 2 fully saturated rings. The molecular formula is C16H26N2O5. The van der Waals surface area contributed by atoms with Crippen LogP contribution in [0.25, 0.3) is 0 Å². The molecule has 1 aliphatic carbocycles. The van der Waals surface area contributed by atoms with Crippen molar-refractivity contribution in [2.24, 2.45) is 5.92 Å². The lowest BCUT2D eigenvalue weighted by Gasteiger charge is -2.43. The summed E-state index contributed by atoms with van der Waals surface area (Å²) in [5.74, 6) is -2.27. The van der Waals surface area contributed by atoms with E-state index in [0.29, 0.717) is 19.4 Å². The average molecular weight is 326 g/mol. The van der Waals surface area contributed by atoms with Gasteiger partial charge in [0, 0.05) is 6.54 Å². The van der Waals surface area contributed by atoms with E-state index in [1.54, 1.807) is 6.92 Å². The lowest BCUT2D eigenvalue weighted by atomic mass is 9.73. The zero-order chi connectivity index (χ0) is 17.0. The maximum absolute atomic E-state index is 12.7. The van der Waals surface area contributed by atoms with E-state index in [1.165, 1.54) is 4.90 Å². The number of likely N-dealkylation sites (tertiary alicyclic amines) is 1. The molecule has 0 aromatic carbocycles. The van der Waals surface area contributed by atoms with Crippen LogP contribution in [0.1, 0.15) is 51.9 Å². The van der Waals surface area contributed by atoms with Gasteiger partial charge in [-0.3, -0.25) is 14.9 Å². The van der Waals surface area contributed by atoms with Crippen LogP contribution in [-0.2, 0) is 14.4 Å². The predicted octanol–water partition coefficient (Wildman–Crippen LogP) is 1.08. The van der Waals surface area contributed by atoms with Crippen LogP contribution < -0.4 is 5.32 Å². The quantitative estimate of drug-likeness (QED) is 0.674. The van der Waals surface area contributed by atoms with Gasteiger partial charge in [0.15, 0.2) is 0 Å². The summed E-state index contributed by atoms with van der Waals surface area (Å²) >= 11 is 0. The Morgan fingerprint density at radius 1 is 1.17 bits per heavy atom. The summed E-state index contributed by atoms with van der Waals surface area (Å²) in [6.45, 7) is 1.71. The Morgan fingerprint density at radius 2 is 1.83 bits per heavy atom. The summed E-state index contributed by atoms with van der Waals surface area (Å²) in [6.07, 6.45) is 5.99. The smallest absolute Gasteiger partial charge is 0.329 e. The fraction of sp³-hybridized carbons (Fsp3) is 0.812. The van der Waals surface area contributed by atoms with Gasteiger partial charge in [-0.2, -0.15) is 0 Å². The summed E-state index contributed by atoms with van der Waals surface area (Å²) in [5, 5.41) is 21.3. The van der Waals surface area contributed by atoms with Crippen molar-refractivity contribution in [2.75, 3.05) is 13.1 Å². The van der Waals surface area contributed by atoms with Gasteiger partial charge < -0.3 is 15.1 Å². The molecule has 2 atom stereocenters. The number of aliphatic carboxylic acids is 2. The molecule has 130 valence electrons. The minimum Gasteiger partial charge on any atom is -0.480 e. The highest BCUT2D eigenvalue weighted by Crippen LogP contribution is 2.43. The Bertz CT molecular complexity index is 475. The third-order valence-electron chi connectivity index (χ3n) is 5.27. The number of nitrogens with zero attached hydrogens (tertiary/aromatic N) is 1. The van der Waals surface area contributed by atoms with Crippen molar-refractivity contribution < 1.29 is 24.6 Å². The van der Waals surface area contributed by atoms with Crippen LogP contribution in [0.15, 0.2) is 0 Å². The normalized spacial score (nSPS) is 26.9. The highest BCUT2D eigenvalue weighted by molar-refractivity contribution is 5.90. The largest absolute Gasteiger partial charge is 0.480 e. The molecule has 0 aromatic rings. The van der Waals surface area contributed by atoms with Crippen molar-refractivity contribution in [3.63, 3.8) is 0 Å². The first-order chi connectivity index (χ1) is 10.9. The Labute approximate surface area is 136 Å². The predicted molar refractivity (Wildman–Crippen MR) is 83.0 cm³/mol. The van der Waals surface area contributed by atoms with Gasteiger partial charge in [-0.25, -0.2) is 4.79 Å². The molecule has 0 spiro atoms. The highest BCUT2D eigenvalue weighted by Gasteiger charge is 2.55. The molecule has 23 heavy (non-hydrogen) atoms. The number of amides is 1. The van der Waals surface area contributed by atoms with Crippen LogP contribution in [0.3, 0.4) is 0 Å². The van der Waals surface area contributed by atoms with Gasteiger partial charge in [0.05, 0.1) is 12.6 Å². The minimum absolute atomic E-state index is 0.00752. The summed E-state index contributed by atoms with van der Waals surface area (Å²) in [6, 6.07) is -0.702. The molecule has 1 aliphatic heterocycles. The van der Waals surface area contributed by atoms with E-state index in [-0.39, 0.29) is 18.4 Å². The second-order valence-electron chi connectivity index (χ2n) is 6.65. The van der Waals surface area contributed by atoms with Crippen molar-refractivity contribution in [2.45, 2.75) is 63.5 Å². The van der Waals surface area contributed by atoms with Crippen molar-refractivity contribution in [3.8, 4) is 0 Å². The van der Waals surface area contributed by atoms with Crippen LogP contribution in [0.5, 0.6) is 0 Å². The maximum atomic E-state index is 12.7. The number of carboxylic acids is 2. The number of hydrogen-bond acceptors (Lipinski definition) is 4. The van der Waals surface area contributed by atoms with E-state index in [0.717, 1.165) is 32.1 Å². The van der Waals surface area contributed by atoms with E-state index in [4.69, 9.17) is 5.11 Å². The number of rotatable bonds is 6. The topological polar surface area (TPSA) is 107 Å². The molecule has 0 aromatic heterocycles. The minimum atomic E-state index is -1.11. The Hall–Kier alpha value is -1.63. The molecule has 0 unspecified atom stereocenters. The lowest BCUT2D eigenvalue weighted by molar-refractivity contribution is -0.162. The van der Waals surface area contributed by atoms with E-state index >= 15 is 0 Å². The van der Waals surface area contributed by atoms with Crippen molar-refractivity contribution in [1.82, 2.24) is 10.2 Å². The van der Waals surface area contributed by atoms with E-state index in [1.807, 2.05) is 0 Å². The van der Waals surface area contributed by atoms with Gasteiger partial charge in [-0.1, -0.05) is 19.3 Å². The molecule has 7 nitrogen and oxygen atoms in total. The fourth-order valence-corrected chi connectivity index (χ4v) is 4.11. The van der Waals surface area contributed by atoms with Gasteiger partial charge in [0.2, 0.25) is 5.91 Å². The SMILES string of the molecule is C[C@H](NCC(=O)O)C(=O)N1CCC[C@]1(C(=O)O)C1CCCCC1. The number of nitrogens with one attached hydrogen (secondary N) is 1. The monoisotopic (exact) mass is 326 g/mol. The fourth-order valence-electron chi connectivity index (χ4n) is 4.11. The summed E-state index contributed by atoms with van der Waals surface area (Å²) < 4.78 is 0. The molecule has 2 rings (SSSR count). The summed E-state index contributed by atoms with van der Waals surface area (Å²) in [7, 11) is 0. The molecule has 1 amide bonds.